The predicted octanol–water partition coefficient (Wildman–Crippen LogP) is 3.26. The molecule has 32 heavy (non-hydrogen) atoms. The first-order valence-electron chi connectivity index (χ1n) is 10.6. The van der Waals surface area contributed by atoms with Gasteiger partial charge in [0.05, 0.1) is 10.3 Å². The number of nitrogens with zero attached hydrogens (tertiary/aromatic N) is 2. The fourth-order valence-electron chi connectivity index (χ4n) is 3.80. The summed E-state index contributed by atoms with van der Waals surface area (Å²) in [7, 11) is -3.85. The highest BCUT2D eigenvalue weighted by Crippen LogP contribution is 2.37. The van der Waals surface area contributed by atoms with Gasteiger partial charge in [-0.3, -0.25) is 4.79 Å². The molecule has 0 radical (unpaired) electrons. The van der Waals surface area contributed by atoms with Crippen LogP contribution in [0.5, 0.6) is 0 Å². The molecule has 3 N–H and O–H groups in total. The number of nitrogen functional groups attached to an aromatic ring is 1. The van der Waals surface area contributed by atoms with Crippen LogP contribution in [0.2, 0.25) is 0 Å². The van der Waals surface area contributed by atoms with Gasteiger partial charge in [-0.1, -0.05) is 24.1 Å². The summed E-state index contributed by atoms with van der Waals surface area (Å²) in [6, 6.07) is 5.30. The minimum atomic E-state index is -3.85. The topological polar surface area (TPSA) is 124 Å². The Hall–Kier alpha value is -2.56. The standard InChI is InChI=1S/C22H26N4O4S2/c1-13-8-10-15(11-9-13)32(28,29)26-14(2)22(27)30-12-18-24-20(23)19-16-6-4-3-5-7-17(16)31-21(19)25-18/h8-11,14,26H,3-7,12H2,1-2H3,(H2,23,24,25)/t14-/m0/s1. The number of benzene rings is 1. The molecule has 0 bridgehead atoms. The lowest BCUT2D eigenvalue weighted by molar-refractivity contribution is -0.146. The number of carbonyl (C=O) groups excluding carboxylic acids is 1. The van der Waals surface area contributed by atoms with Crippen molar-refractivity contribution >= 4 is 43.4 Å². The molecule has 10 heteroatoms. The predicted molar refractivity (Wildman–Crippen MR) is 124 cm³/mol. The van der Waals surface area contributed by atoms with Crippen LogP contribution in [0.4, 0.5) is 5.82 Å². The van der Waals surface area contributed by atoms with Crippen molar-refractivity contribution in [3.63, 3.8) is 0 Å². The monoisotopic (exact) mass is 474 g/mol. The lowest BCUT2D eigenvalue weighted by Gasteiger charge is -2.14. The van der Waals surface area contributed by atoms with E-state index in [-0.39, 0.29) is 11.5 Å². The second-order valence-electron chi connectivity index (χ2n) is 8.03. The van der Waals surface area contributed by atoms with Gasteiger partial charge in [-0.15, -0.1) is 11.3 Å². The highest BCUT2D eigenvalue weighted by atomic mass is 32.2. The van der Waals surface area contributed by atoms with Gasteiger partial charge in [0.1, 0.15) is 16.7 Å². The fourth-order valence-corrected chi connectivity index (χ4v) is 6.28. The summed E-state index contributed by atoms with van der Waals surface area (Å²) in [4.78, 5) is 23.5. The number of rotatable bonds is 6. The molecule has 0 fully saturated rings. The Kier molecular flexibility index (Phi) is 6.45. The SMILES string of the molecule is Cc1ccc(S(=O)(=O)N[C@@H](C)C(=O)OCc2nc(N)c3c4c(sc3n2)CCCCC4)cc1. The molecule has 2 aromatic heterocycles. The van der Waals surface area contributed by atoms with Gasteiger partial charge in [-0.25, -0.2) is 18.4 Å². The van der Waals surface area contributed by atoms with E-state index in [0.717, 1.165) is 41.5 Å². The van der Waals surface area contributed by atoms with E-state index in [4.69, 9.17) is 10.5 Å². The van der Waals surface area contributed by atoms with Gasteiger partial charge >= 0.3 is 5.97 Å². The molecule has 8 nitrogen and oxygen atoms in total. The Morgan fingerprint density at radius 2 is 1.91 bits per heavy atom. The summed E-state index contributed by atoms with van der Waals surface area (Å²) >= 11 is 1.63. The molecule has 0 unspecified atom stereocenters. The van der Waals surface area contributed by atoms with Crippen molar-refractivity contribution in [1.82, 2.24) is 14.7 Å². The summed E-state index contributed by atoms with van der Waals surface area (Å²) < 4.78 is 32.6. The molecule has 1 aromatic carbocycles. The molecular weight excluding hydrogens is 448 g/mol. The fraction of sp³-hybridized carbons (Fsp3) is 0.409. The van der Waals surface area contributed by atoms with E-state index in [1.807, 2.05) is 6.92 Å². The minimum absolute atomic E-state index is 0.0850. The van der Waals surface area contributed by atoms with Crippen molar-refractivity contribution < 1.29 is 17.9 Å². The van der Waals surface area contributed by atoms with Crippen LogP contribution in [0.15, 0.2) is 29.2 Å². The molecule has 2 heterocycles. The van der Waals surface area contributed by atoms with Crippen molar-refractivity contribution in [3.8, 4) is 0 Å². The van der Waals surface area contributed by atoms with Crippen LogP contribution in [0.1, 0.15) is 48.0 Å². The second-order valence-corrected chi connectivity index (χ2v) is 10.8. The van der Waals surface area contributed by atoms with E-state index in [0.29, 0.717) is 11.6 Å². The molecule has 4 rings (SSSR count). The first-order chi connectivity index (χ1) is 15.2. The highest BCUT2D eigenvalue weighted by Gasteiger charge is 2.24. The molecule has 0 saturated carbocycles. The van der Waals surface area contributed by atoms with E-state index in [9.17, 15) is 13.2 Å². The highest BCUT2D eigenvalue weighted by molar-refractivity contribution is 7.89. The Morgan fingerprint density at radius 3 is 2.66 bits per heavy atom. The first kappa shape index (κ1) is 22.6. The van der Waals surface area contributed by atoms with Gasteiger partial charge < -0.3 is 10.5 Å². The van der Waals surface area contributed by atoms with E-state index >= 15 is 0 Å². The number of aryl methyl sites for hydroxylation is 3. The molecule has 0 spiro atoms. The van der Waals surface area contributed by atoms with Crippen molar-refractivity contribution in [2.75, 3.05) is 5.73 Å². The average molecular weight is 475 g/mol. The van der Waals surface area contributed by atoms with Crippen LogP contribution in [-0.2, 0) is 39.0 Å². The number of nitrogens with one attached hydrogen (secondary N) is 1. The quantitative estimate of drug-likeness (QED) is 0.415. The summed E-state index contributed by atoms with van der Waals surface area (Å²) in [6.45, 7) is 3.11. The number of fused-ring (bicyclic) bond motifs is 3. The number of anilines is 1. The van der Waals surface area contributed by atoms with Crippen LogP contribution >= 0.6 is 11.3 Å². The third-order valence-corrected chi connectivity index (χ3v) is 8.24. The lowest BCUT2D eigenvalue weighted by Crippen LogP contribution is -2.39. The third-order valence-electron chi connectivity index (χ3n) is 5.50. The van der Waals surface area contributed by atoms with E-state index < -0.39 is 22.0 Å². The summed E-state index contributed by atoms with van der Waals surface area (Å²) in [5.74, 6) is -0.0214. The first-order valence-corrected chi connectivity index (χ1v) is 12.9. The molecule has 0 amide bonds. The van der Waals surface area contributed by atoms with E-state index in [2.05, 4.69) is 14.7 Å². The Balaban J connectivity index is 1.43. The van der Waals surface area contributed by atoms with Crippen LogP contribution in [-0.4, -0.2) is 30.4 Å². The maximum atomic E-state index is 12.5. The summed E-state index contributed by atoms with van der Waals surface area (Å²) in [6.07, 6.45) is 5.51. The molecule has 1 atom stereocenters. The van der Waals surface area contributed by atoms with Gasteiger partial charge in [-0.2, -0.15) is 4.72 Å². The molecule has 170 valence electrons. The van der Waals surface area contributed by atoms with Crippen molar-refractivity contribution in [2.45, 2.75) is 63.5 Å². The number of thiophene rings is 1. The van der Waals surface area contributed by atoms with Crippen LogP contribution < -0.4 is 10.5 Å². The zero-order valence-corrected chi connectivity index (χ0v) is 19.7. The minimum Gasteiger partial charge on any atom is -0.456 e. The Bertz CT molecular complexity index is 1250. The average Bonchev–Trinajstić information content (AvgIpc) is 2.93. The van der Waals surface area contributed by atoms with Gasteiger partial charge in [-0.05, 0) is 57.2 Å². The number of nitrogens with two attached hydrogens (primary N) is 1. The van der Waals surface area contributed by atoms with Crippen LogP contribution in [0, 0.1) is 6.92 Å². The lowest BCUT2D eigenvalue weighted by atomic mass is 10.1. The maximum Gasteiger partial charge on any atom is 0.324 e. The number of hydrogen-bond donors (Lipinski definition) is 2. The normalized spacial score (nSPS) is 15.2. The Labute approximate surface area is 191 Å². The smallest absolute Gasteiger partial charge is 0.324 e. The molecule has 0 aliphatic heterocycles. The maximum absolute atomic E-state index is 12.5. The number of esters is 1. The number of hydrogen-bond acceptors (Lipinski definition) is 8. The van der Waals surface area contributed by atoms with Gasteiger partial charge in [0, 0.05) is 4.88 Å². The number of sulfonamides is 1. The van der Waals surface area contributed by atoms with Gasteiger partial charge in [0.25, 0.3) is 0 Å². The van der Waals surface area contributed by atoms with Crippen molar-refractivity contribution in [1.29, 1.82) is 0 Å². The van der Waals surface area contributed by atoms with E-state index in [1.54, 1.807) is 23.5 Å². The number of carbonyl (C=O) groups is 1. The summed E-state index contributed by atoms with van der Waals surface area (Å²) in [5, 5.41) is 0.918. The molecular formula is C22H26N4O4S2. The summed E-state index contributed by atoms with van der Waals surface area (Å²) in [5.41, 5.74) is 8.42. The largest absolute Gasteiger partial charge is 0.456 e. The molecule has 1 aliphatic carbocycles. The molecule has 3 aromatic rings. The van der Waals surface area contributed by atoms with Crippen LogP contribution in [0.3, 0.4) is 0 Å². The zero-order valence-electron chi connectivity index (χ0n) is 18.1. The van der Waals surface area contributed by atoms with Crippen molar-refractivity contribution in [2.24, 2.45) is 0 Å². The Morgan fingerprint density at radius 1 is 1.19 bits per heavy atom. The third kappa shape index (κ3) is 4.77. The zero-order chi connectivity index (χ0) is 22.9. The number of aromatic nitrogens is 2. The molecule has 1 aliphatic rings. The van der Waals surface area contributed by atoms with Gasteiger partial charge in [0.15, 0.2) is 12.4 Å². The second kappa shape index (κ2) is 9.13. The molecule has 0 saturated heterocycles. The van der Waals surface area contributed by atoms with Gasteiger partial charge in [0.2, 0.25) is 10.0 Å². The van der Waals surface area contributed by atoms with E-state index in [1.165, 1.54) is 35.9 Å². The van der Waals surface area contributed by atoms with Crippen molar-refractivity contribution in [3.05, 3.63) is 46.1 Å². The van der Waals surface area contributed by atoms with Crippen LogP contribution in [0.25, 0.3) is 10.2 Å². The number of ether oxygens (including phenoxy) is 1.